The SMILES string of the molecule is CC1(C)CCC(c2noc(C3=NNC4C5CCCCC5n5c(cnc5Cl)N34)n2)O1. The number of nitrogens with one attached hydrogen (secondary N) is 1. The minimum Gasteiger partial charge on any atom is -0.364 e. The Kier molecular flexibility index (Phi) is 3.78. The minimum atomic E-state index is -0.158. The van der Waals surface area contributed by atoms with Crippen LogP contribution in [-0.2, 0) is 4.74 Å². The standard InChI is InChI=1S/C19H24ClN7O2/c1-19(2)8-7-12(28-19)14-22-17(29-25-14)16-24-23-15-10-5-3-4-6-11(10)26-13(27(15)16)9-21-18(26)20/h9-12,15,23H,3-8H2,1-2H3. The molecule has 5 heterocycles. The van der Waals surface area contributed by atoms with Gasteiger partial charge < -0.3 is 9.26 Å². The molecular weight excluding hydrogens is 394 g/mol. The van der Waals surface area contributed by atoms with Gasteiger partial charge in [0, 0.05) is 12.0 Å². The number of fused-ring (bicyclic) bond motifs is 6. The molecule has 2 aromatic rings. The maximum absolute atomic E-state index is 6.48. The normalized spacial score (nSPS) is 32.4. The van der Waals surface area contributed by atoms with Gasteiger partial charge in [0.2, 0.25) is 16.9 Å². The number of anilines is 1. The van der Waals surface area contributed by atoms with Crippen LogP contribution < -0.4 is 10.3 Å². The van der Waals surface area contributed by atoms with Crippen LogP contribution in [0.4, 0.5) is 5.82 Å². The van der Waals surface area contributed by atoms with E-state index in [0.717, 1.165) is 31.5 Å². The zero-order valence-corrected chi connectivity index (χ0v) is 17.3. The van der Waals surface area contributed by atoms with Gasteiger partial charge in [-0.2, -0.15) is 10.1 Å². The van der Waals surface area contributed by atoms with E-state index in [0.29, 0.717) is 34.8 Å². The van der Waals surface area contributed by atoms with E-state index in [2.05, 4.69) is 49.0 Å². The van der Waals surface area contributed by atoms with Crippen molar-refractivity contribution in [3.05, 3.63) is 23.2 Å². The third-order valence-corrected chi connectivity index (χ3v) is 6.98. The lowest BCUT2D eigenvalue weighted by Gasteiger charge is -2.45. The van der Waals surface area contributed by atoms with Gasteiger partial charge in [0.25, 0.3) is 5.89 Å². The first kappa shape index (κ1) is 17.7. The molecule has 29 heavy (non-hydrogen) atoms. The molecule has 0 radical (unpaired) electrons. The molecule has 0 aromatic carbocycles. The Bertz CT molecular complexity index is 983. The van der Waals surface area contributed by atoms with E-state index in [1.54, 1.807) is 0 Å². The Morgan fingerprint density at radius 3 is 2.93 bits per heavy atom. The fourth-order valence-corrected chi connectivity index (χ4v) is 5.58. The quantitative estimate of drug-likeness (QED) is 0.800. The molecule has 0 bridgehead atoms. The second-order valence-electron chi connectivity index (χ2n) is 9.01. The largest absolute Gasteiger partial charge is 0.364 e. The van der Waals surface area contributed by atoms with Crippen molar-refractivity contribution in [2.45, 2.75) is 76.3 Å². The monoisotopic (exact) mass is 417 g/mol. The zero-order valence-electron chi connectivity index (χ0n) is 16.5. The molecule has 2 fully saturated rings. The Morgan fingerprint density at radius 2 is 2.10 bits per heavy atom. The van der Waals surface area contributed by atoms with Crippen molar-refractivity contribution >= 4 is 23.3 Å². The van der Waals surface area contributed by atoms with Gasteiger partial charge in [-0.15, -0.1) is 0 Å². The molecule has 1 saturated carbocycles. The first-order valence-electron chi connectivity index (χ1n) is 10.4. The van der Waals surface area contributed by atoms with Crippen molar-refractivity contribution < 1.29 is 9.26 Å². The number of hydrazone groups is 1. The van der Waals surface area contributed by atoms with E-state index in [4.69, 9.17) is 20.9 Å². The fourth-order valence-electron chi connectivity index (χ4n) is 5.32. The minimum absolute atomic E-state index is 0.0487. The van der Waals surface area contributed by atoms with Crippen LogP contribution in [0.15, 0.2) is 15.8 Å². The van der Waals surface area contributed by atoms with E-state index >= 15 is 0 Å². The third kappa shape index (κ3) is 2.63. The highest BCUT2D eigenvalue weighted by atomic mass is 35.5. The molecule has 0 amide bonds. The van der Waals surface area contributed by atoms with Crippen molar-refractivity contribution in [2.75, 3.05) is 4.90 Å². The highest BCUT2D eigenvalue weighted by molar-refractivity contribution is 6.28. The molecule has 154 valence electrons. The van der Waals surface area contributed by atoms with Crippen molar-refractivity contribution in [1.82, 2.24) is 25.1 Å². The van der Waals surface area contributed by atoms with E-state index < -0.39 is 0 Å². The second-order valence-corrected chi connectivity index (χ2v) is 9.35. The van der Waals surface area contributed by atoms with Gasteiger partial charge in [-0.05, 0) is 51.1 Å². The van der Waals surface area contributed by atoms with Crippen LogP contribution in [-0.4, -0.2) is 37.3 Å². The van der Waals surface area contributed by atoms with Crippen molar-refractivity contribution in [2.24, 2.45) is 11.0 Å². The molecule has 4 aliphatic rings. The van der Waals surface area contributed by atoms with Crippen molar-refractivity contribution in [3.8, 4) is 0 Å². The number of nitrogens with zero attached hydrogens (tertiary/aromatic N) is 6. The predicted octanol–water partition coefficient (Wildman–Crippen LogP) is 3.39. The summed E-state index contributed by atoms with van der Waals surface area (Å²) in [5.41, 5.74) is 3.16. The fraction of sp³-hybridized carbons (Fsp3) is 0.684. The highest BCUT2D eigenvalue weighted by Gasteiger charge is 2.49. The molecular formula is C19H24ClN7O2. The first-order chi connectivity index (χ1) is 14.0. The smallest absolute Gasteiger partial charge is 0.295 e. The Labute approximate surface area is 173 Å². The van der Waals surface area contributed by atoms with Crippen molar-refractivity contribution in [3.63, 3.8) is 0 Å². The lowest BCUT2D eigenvalue weighted by molar-refractivity contribution is -0.0207. The van der Waals surface area contributed by atoms with Gasteiger partial charge >= 0.3 is 0 Å². The van der Waals surface area contributed by atoms with E-state index in [9.17, 15) is 0 Å². The summed E-state index contributed by atoms with van der Waals surface area (Å²) >= 11 is 6.48. The molecule has 1 aliphatic carbocycles. The molecule has 10 heteroatoms. The van der Waals surface area contributed by atoms with Crippen LogP contribution in [0.2, 0.25) is 5.28 Å². The van der Waals surface area contributed by atoms with E-state index in [1.165, 1.54) is 12.8 Å². The van der Waals surface area contributed by atoms with E-state index in [-0.39, 0.29) is 17.9 Å². The highest BCUT2D eigenvalue weighted by Crippen LogP contribution is 2.47. The van der Waals surface area contributed by atoms with Gasteiger partial charge in [-0.25, -0.2) is 4.98 Å². The number of ether oxygens (including phenoxy) is 1. The molecule has 9 nitrogen and oxygen atoms in total. The lowest BCUT2D eigenvalue weighted by Crippen LogP contribution is -2.53. The van der Waals surface area contributed by atoms with E-state index in [1.807, 2.05) is 6.20 Å². The number of amidine groups is 1. The predicted molar refractivity (Wildman–Crippen MR) is 106 cm³/mol. The average Bonchev–Trinajstić information content (AvgIpc) is 3.46. The summed E-state index contributed by atoms with van der Waals surface area (Å²) in [6.07, 6.45) is 8.22. The zero-order chi connectivity index (χ0) is 19.8. The summed E-state index contributed by atoms with van der Waals surface area (Å²) in [4.78, 5) is 11.1. The number of halogens is 1. The molecule has 0 spiro atoms. The molecule has 2 aromatic heterocycles. The van der Waals surface area contributed by atoms with Gasteiger partial charge in [0.1, 0.15) is 18.1 Å². The van der Waals surface area contributed by atoms with Crippen molar-refractivity contribution in [1.29, 1.82) is 0 Å². The molecule has 1 N–H and O–H groups in total. The topological polar surface area (TPSA) is 93.6 Å². The van der Waals surface area contributed by atoms with Gasteiger partial charge in [-0.3, -0.25) is 14.9 Å². The van der Waals surface area contributed by atoms with Crippen LogP contribution >= 0.6 is 11.6 Å². The lowest BCUT2D eigenvalue weighted by atomic mass is 9.80. The first-order valence-corrected chi connectivity index (χ1v) is 10.8. The van der Waals surface area contributed by atoms with Crippen LogP contribution in [0.1, 0.15) is 76.2 Å². The molecule has 3 aliphatic heterocycles. The summed E-state index contributed by atoms with van der Waals surface area (Å²) in [6.45, 7) is 4.17. The summed E-state index contributed by atoms with van der Waals surface area (Å²) in [5.74, 6) is 2.90. The molecule has 4 atom stereocenters. The summed E-state index contributed by atoms with van der Waals surface area (Å²) in [6, 6.07) is 0.337. The van der Waals surface area contributed by atoms with Crippen LogP contribution in [0.25, 0.3) is 0 Å². The summed E-state index contributed by atoms with van der Waals surface area (Å²) < 4.78 is 13.8. The second kappa shape index (κ2) is 6.18. The number of imidazole rings is 1. The number of hydrogen-bond donors (Lipinski definition) is 1. The maximum Gasteiger partial charge on any atom is 0.295 e. The molecule has 1 saturated heterocycles. The van der Waals surface area contributed by atoms with Crippen LogP contribution in [0, 0.1) is 5.92 Å². The van der Waals surface area contributed by atoms with Crippen LogP contribution in [0.5, 0.6) is 0 Å². The Hall–Kier alpha value is -2.13. The van der Waals surface area contributed by atoms with Crippen LogP contribution in [0.3, 0.4) is 0 Å². The Balaban J connectivity index is 1.35. The maximum atomic E-state index is 6.48. The number of hydrogen-bond acceptors (Lipinski definition) is 8. The average molecular weight is 418 g/mol. The van der Waals surface area contributed by atoms with Gasteiger partial charge in [-0.1, -0.05) is 18.0 Å². The van der Waals surface area contributed by atoms with Gasteiger partial charge in [0.15, 0.2) is 0 Å². The summed E-state index contributed by atoms with van der Waals surface area (Å²) in [5, 5.41) is 9.31. The Morgan fingerprint density at radius 1 is 1.24 bits per heavy atom. The molecule has 6 rings (SSSR count). The number of aromatic nitrogens is 4. The third-order valence-electron chi connectivity index (χ3n) is 6.70. The molecule has 4 unspecified atom stereocenters. The summed E-state index contributed by atoms with van der Waals surface area (Å²) in [7, 11) is 0. The number of rotatable bonds is 2. The van der Waals surface area contributed by atoms with Gasteiger partial charge in [0.05, 0.1) is 11.8 Å².